The first-order chi connectivity index (χ1) is 11.6. The fourth-order valence-electron chi connectivity index (χ4n) is 2.95. The minimum absolute atomic E-state index is 0.195. The van der Waals surface area contributed by atoms with Crippen LogP contribution in [-0.2, 0) is 11.2 Å². The predicted octanol–water partition coefficient (Wildman–Crippen LogP) is 2.75. The van der Waals surface area contributed by atoms with Gasteiger partial charge in [0, 0.05) is 38.0 Å². The van der Waals surface area contributed by atoms with E-state index in [-0.39, 0.29) is 5.91 Å². The average molecular weight is 327 g/mol. The summed E-state index contributed by atoms with van der Waals surface area (Å²) < 4.78 is 5.80. The molecule has 1 aliphatic heterocycles. The summed E-state index contributed by atoms with van der Waals surface area (Å²) in [5.41, 5.74) is 2.23. The Morgan fingerprint density at radius 2 is 1.96 bits per heavy atom. The normalized spacial score (nSPS) is 16.2. The number of hydrogen-bond donors (Lipinski definition) is 0. The summed E-state index contributed by atoms with van der Waals surface area (Å²) in [5.74, 6) is 1.58. The smallest absolute Gasteiger partial charge is 0.223 e. The number of rotatable bonds is 4. The highest BCUT2D eigenvalue weighted by molar-refractivity contribution is 5.76. The highest BCUT2D eigenvalue weighted by Gasteiger charge is 2.18. The number of nitrogens with zero attached hydrogens (tertiary/aromatic N) is 3. The molecule has 5 nitrogen and oxygen atoms in total. The van der Waals surface area contributed by atoms with Gasteiger partial charge in [0.25, 0.3) is 0 Å². The number of aromatic nitrogens is 1. The van der Waals surface area contributed by atoms with Crippen LogP contribution in [0.5, 0.6) is 0 Å². The molecule has 0 saturated carbocycles. The zero-order valence-electron chi connectivity index (χ0n) is 14.5. The van der Waals surface area contributed by atoms with E-state index in [0.29, 0.717) is 18.7 Å². The Kier molecular flexibility index (Phi) is 5.30. The summed E-state index contributed by atoms with van der Waals surface area (Å²) in [6.45, 7) is 5.73. The number of carbonyl (C=O) groups is 1. The number of aryl methyl sites for hydroxylation is 2. The van der Waals surface area contributed by atoms with Gasteiger partial charge in [0.2, 0.25) is 5.91 Å². The molecule has 1 fully saturated rings. The Bertz CT molecular complexity index is 678. The lowest BCUT2D eigenvalue weighted by Crippen LogP contribution is -2.34. The third-order valence-electron chi connectivity index (χ3n) is 4.51. The third kappa shape index (κ3) is 4.23. The summed E-state index contributed by atoms with van der Waals surface area (Å²) in [6.07, 6.45) is 3.79. The van der Waals surface area contributed by atoms with Gasteiger partial charge in [0.1, 0.15) is 0 Å². The van der Waals surface area contributed by atoms with Crippen molar-refractivity contribution in [2.75, 3.05) is 33.2 Å². The van der Waals surface area contributed by atoms with E-state index in [2.05, 4.69) is 36.0 Å². The van der Waals surface area contributed by atoms with Crippen LogP contribution in [-0.4, -0.2) is 53.9 Å². The van der Waals surface area contributed by atoms with Crippen LogP contribution in [0.3, 0.4) is 0 Å². The topological polar surface area (TPSA) is 49.6 Å². The number of oxazole rings is 1. The van der Waals surface area contributed by atoms with E-state index >= 15 is 0 Å². The quantitative estimate of drug-likeness (QED) is 0.866. The summed E-state index contributed by atoms with van der Waals surface area (Å²) in [4.78, 5) is 20.9. The van der Waals surface area contributed by atoms with Gasteiger partial charge in [0.15, 0.2) is 11.7 Å². The lowest BCUT2D eigenvalue weighted by molar-refractivity contribution is -0.131. The number of likely N-dealkylation sites (N-methyl/N-ethyl adjacent to an activating group) is 1. The van der Waals surface area contributed by atoms with Crippen LogP contribution in [0.15, 0.2) is 34.9 Å². The zero-order valence-corrected chi connectivity index (χ0v) is 14.5. The van der Waals surface area contributed by atoms with Crippen LogP contribution in [0.2, 0.25) is 0 Å². The number of hydrogen-bond acceptors (Lipinski definition) is 4. The molecule has 2 heterocycles. The maximum absolute atomic E-state index is 12.4. The molecule has 0 N–H and O–H groups in total. The Hall–Kier alpha value is -2.14. The van der Waals surface area contributed by atoms with Gasteiger partial charge >= 0.3 is 0 Å². The molecule has 1 aromatic heterocycles. The standard InChI is InChI=1S/C19H25N3O2/c1-15-4-6-16(7-5-15)17-14-20-18(24-17)8-9-19(23)22-11-3-10-21(2)12-13-22/h4-7,14H,3,8-13H2,1-2H3. The van der Waals surface area contributed by atoms with Crippen LogP contribution in [0.4, 0.5) is 0 Å². The van der Waals surface area contributed by atoms with E-state index < -0.39 is 0 Å². The second-order valence-electron chi connectivity index (χ2n) is 6.52. The van der Waals surface area contributed by atoms with Crippen LogP contribution in [0, 0.1) is 6.92 Å². The third-order valence-corrected chi connectivity index (χ3v) is 4.51. The van der Waals surface area contributed by atoms with Crippen molar-refractivity contribution in [1.82, 2.24) is 14.8 Å². The van der Waals surface area contributed by atoms with Crippen molar-refractivity contribution in [2.24, 2.45) is 0 Å². The Labute approximate surface area is 143 Å². The molecule has 3 rings (SSSR count). The molecule has 0 spiro atoms. The Morgan fingerprint density at radius 1 is 1.17 bits per heavy atom. The van der Waals surface area contributed by atoms with Crippen molar-refractivity contribution < 1.29 is 9.21 Å². The Morgan fingerprint density at radius 3 is 2.75 bits per heavy atom. The van der Waals surface area contributed by atoms with E-state index in [1.165, 1.54) is 5.56 Å². The molecule has 1 aliphatic rings. The molecular weight excluding hydrogens is 302 g/mol. The second-order valence-corrected chi connectivity index (χ2v) is 6.52. The molecule has 0 atom stereocenters. The molecule has 1 saturated heterocycles. The molecule has 24 heavy (non-hydrogen) atoms. The van der Waals surface area contributed by atoms with Crippen molar-refractivity contribution in [2.45, 2.75) is 26.2 Å². The fraction of sp³-hybridized carbons (Fsp3) is 0.474. The largest absolute Gasteiger partial charge is 0.441 e. The molecule has 5 heteroatoms. The minimum Gasteiger partial charge on any atom is -0.441 e. The van der Waals surface area contributed by atoms with Crippen molar-refractivity contribution in [3.8, 4) is 11.3 Å². The summed E-state index contributed by atoms with van der Waals surface area (Å²) >= 11 is 0. The molecule has 2 aromatic rings. The molecule has 1 aromatic carbocycles. The van der Waals surface area contributed by atoms with E-state index in [4.69, 9.17) is 4.42 Å². The first-order valence-electron chi connectivity index (χ1n) is 8.60. The fourth-order valence-corrected chi connectivity index (χ4v) is 2.95. The van der Waals surface area contributed by atoms with Gasteiger partial charge in [-0.05, 0) is 26.9 Å². The lowest BCUT2D eigenvalue weighted by Gasteiger charge is -2.20. The highest BCUT2D eigenvalue weighted by Crippen LogP contribution is 2.21. The van der Waals surface area contributed by atoms with Gasteiger partial charge in [-0.15, -0.1) is 0 Å². The van der Waals surface area contributed by atoms with Gasteiger partial charge < -0.3 is 14.2 Å². The summed E-state index contributed by atoms with van der Waals surface area (Å²) in [5, 5.41) is 0. The van der Waals surface area contributed by atoms with Crippen LogP contribution in [0.25, 0.3) is 11.3 Å². The zero-order chi connectivity index (χ0) is 16.9. The summed E-state index contributed by atoms with van der Waals surface area (Å²) in [7, 11) is 2.10. The molecule has 0 radical (unpaired) electrons. The van der Waals surface area contributed by atoms with E-state index in [9.17, 15) is 4.79 Å². The first kappa shape index (κ1) is 16.7. The molecule has 0 bridgehead atoms. The lowest BCUT2D eigenvalue weighted by atomic mass is 10.1. The van der Waals surface area contributed by atoms with Crippen LogP contribution >= 0.6 is 0 Å². The van der Waals surface area contributed by atoms with Crippen molar-refractivity contribution >= 4 is 5.91 Å². The van der Waals surface area contributed by atoms with Crippen molar-refractivity contribution in [3.63, 3.8) is 0 Å². The number of carbonyl (C=O) groups excluding carboxylic acids is 1. The molecule has 0 aliphatic carbocycles. The average Bonchev–Trinajstić information content (AvgIpc) is 2.94. The monoisotopic (exact) mass is 327 g/mol. The van der Waals surface area contributed by atoms with E-state index in [1.807, 2.05) is 17.0 Å². The van der Waals surface area contributed by atoms with Crippen LogP contribution < -0.4 is 0 Å². The number of benzene rings is 1. The van der Waals surface area contributed by atoms with Gasteiger partial charge in [-0.2, -0.15) is 0 Å². The summed E-state index contributed by atoms with van der Waals surface area (Å²) in [6, 6.07) is 8.16. The van der Waals surface area contributed by atoms with Gasteiger partial charge in [0.05, 0.1) is 6.20 Å². The highest BCUT2D eigenvalue weighted by atomic mass is 16.4. The predicted molar refractivity (Wildman–Crippen MR) is 93.7 cm³/mol. The maximum Gasteiger partial charge on any atom is 0.223 e. The molecular formula is C19H25N3O2. The van der Waals surface area contributed by atoms with Gasteiger partial charge in [-0.1, -0.05) is 29.8 Å². The second kappa shape index (κ2) is 7.62. The van der Waals surface area contributed by atoms with Gasteiger partial charge in [-0.3, -0.25) is 4.79 Å². The molecule has 128 valence electrons. The Balaban J connectivity index is 1.55. The van der Waals surface area contributed by atoms with Crippen molar-refractivity contribution in [1.29, 1.82) is 0 Å². The molecule has 0 unspecified atom stereocenters. The molecule has 1 amide bonds. The van der Waals surface area contributed by atoms with Gasteiger partial charge in [-0.25, -0.2) is 4.98 Å². The first-order valence-corrected chi connectivity index (χ1v) is 8.60. The maximum atomic E-state index is 12.4. The minimum atomic E-state index is 0.195. The van der Waals surface area contributed by atoms with E-state index in [0.717, 1.165) is 43.9 Å². The van der Waals surface area contributed by atoms with E-state index in [1.54, 1.807) is 6.20 Å². The number of amides is 1. The SMILES string of the molecule is Cc1ccc(-c2cnc(CCC(=O)N3CCCN(C)CC3)o2)cc1. The van der Waals surface area contributed by atoms with Crippen LogP contribution in [0.1, 0.15) is 24.3 Å². The van der Waals surface area contributed by atoms with Crippen molar-refractivity contribution in [3.05, 3.63) is 41.9 Å².